The molecular weight excluding hydrogens is 162 g/mol. The first-order chi connectivity index (χ1) is 6.01. The second-order valence-corrected chi connectivity index (χ2v) is 4.01. The molecule has 0 aromatic carbocycles. The van der Waals surface area contributed by atoms with Crippen LogP contribution in [0.4, 0.5) is 0 Å². The fourth-order valence-corrected chi connectivity index (χ4v) is 1.32. The summed E-state index contributed by atoms with van der Waals surface area (Å²) in [5, 5.41) is 4.43. The molecule has 0 aliphatic heterocycles. The summed E-state index contributed by atoms with van der Waals surface area (Å²) in [6, 6.07) is 0. The predicted octanol–water partition coefficient (Wildman–Crippen LogP) is 2.29. The molecule has 1 heterocycles. The Morgan fingerprint density at radius 3 is 2.38 bits per heavy atom. The predicted molar refractivity (Wildman–Crippen MR) is 53.8 cm³/mol. The molecule has 0 aliphatic carbocycles. The van der Waals surface area contributed by atoms with Gasteiger partial charge < -0.3 is 0 Å². The molecule has 0 atom stereocenters. The van der Waals surface area contributed by atoms with Crippen LogP contribution < -0.4 is 0 Å². The minimum atomic E-state index is 0.0899. The van der Waals surface area contributed by atoms with Gasteiger partial charge in [0.25, 0.3) is 0 Å². The fraction of sp³-hybridized carbons (Fsp3) is 0.800. The smallest absolute Gasteiger partial charge is 0.147 e. The van der Waals surface area contributed by atoms with Crippen LogP contribution in [0, 0.1) is 6.92 Å². The zero-order valence-electron chi connectivity index (χ0n) is 9.26. The first-order valence-electron chi connectivity index (χ1n) is 4.94. The maximum Gasteiger partial charge on any atom is 0.147 e. The van der Waals surface area contributed by atoms with Gasteiger partial charge in [-0.3, -0.25) is 0 Å². The molecule has 0 fully saturated rings. The Morgan fingerprint density at radius 2 is 1.92 bits per heavy atom. The van der Waals surface area contributed by atoms with Crippen molar-refractivity contribution in [1.82, 2.24) is 14.8 Å². The van der Waals surface area contributed by atoms with Crippen molar-refractivity contribution in [3.63, 3.8) is 0 Å². The lowest BCUT2D eigenvalue weighted by molar-refractivity contribution is 0.296. The Bertz CT molecular complexity index is 286. The van der Waals surface area contributed by atoms with Gasteiger partial charge >= 0.3 is 0 Å². The van der Waals surface area contributed by atoms with Gasteiger partial charge in [-0.25, -0.2) is 9.67 Å². The van der Waals surface area contributed by atoms with Crippen LogP contribution in [0.1, 0.15) is 45.8 Å². The van der Waals surface area contributed by atoms with Crippen molar-refractivity contribution in [2.45, 2.75) is 53.0 Å². The Morgan fingerprint density at radius 1 is 1.31 bits per heavy atom. The summed E-state index contributed by atoms with van der Waals surface area (Å²) < 4.78 is 2.06. The van der Waals surface area contributed by atoms with Crippen LogP contribution in [-0.4, -0.2) is 14.8 Å². The van der Waals surface area contributed by atoms with E-state index in [9.17, 15) is 0 Å². The molecule has 0 bridgehead atoms. The topological polar surface area (TPSA) is 30.7 Å². The molecule has 1 rings (SSSR count). The third-order valence-electron chi connectivity index (χ3n) is 2.53. The van der Waals surface area contributed by atoms with Crippen molar-refractivity contribution in [2.75, 3.05) is 0 Å². The summed E-state index contributed by atoms with van der Waals surface area (Å²) >= 11 is 0. The Balaban J connectivity index is 3.12. The summed E-state index contributed by atoms with van der Waals surface area (Å²) in [5.74, 6) is 1.96. The van der Waals surface area contributed by atoms with Gasteiger partial charge in [0.05, 0.1) is 5.54 Å². The van der Waals surface area contributed by atoms with Crippen molar-refractivity contribution >= 4 is 0 Å². The molecule has 1 aromatic heterocycles. The lowest BCUT2D eigenvalue weighted by atomic mass is 10.0. The summed E-state index contributed by atoms with van der Waals surface area (Å²) in [6.07, 6.45) is 2.02. The number of aromatic nitrogens is 3. The lowest BCUT2D eigenvalue weighted by Gasteiger charge is -2.24. The summed E-state index contributed by atoms with van der Waals surface area (Å²) in [6.45, 7) is 10.6. The Labute approximate surface area is 80.2 Å². The minimum Gasteiger partial charge on any atom is -0.244 e. The van der Waals surface area contributed by atoms with Crippen LogP contribution in [-0.2, 0) is 12.0 Å². The normalized spacial score (nSPS) is 12.1. The van der Waals surface area contributed by atoms with Gasteiger partial charge in [0.2, 0.25) is 0 Å². The molecule has 0 saturated carbocycles. The molecule has 0 saturated heterocycles. The average Bonchev–Trinajstić information content (AvgIpc) is 2.47. The van der Waals surface area contributed by atoms with Crippen molar-refractivity contribution in [1.29, 1.82) is 0 Å². The van der Waals surface area contributed by atoms with Crippen molar-refractivity contribution in [3.05, 3.63) is 11.6 Å². The van der Waals surface area contributed by atoms with Gasteiger partial charge in [-0.2, -0.15) is 5.10 Å². The zero-order valence-corrected chi connectivity index (χ0v) is 9.26. The molecule has 0 aliphatic rings. The van der Waals surface area contributed by atoms with E-state index in [1.807, 2.05) is 6.92 Å². The molecule has 0 N–H and O–H groups in total. The second-order valence-electron chi connectivity index (χ2n) is 4.01. The van der Waals surface area contributed by atoms with Crippen LogP contribution in [0.2, 0.25) is 0 Å². The third kappa shape index (κ3) is 1.90. The maximum atomic E-state index is 4.43. The number of hydrogen-bond acceptors (Lipinski definition) is 2. The molecule has 13 heavy (non-hydrogen) atoms. The van der Waals surface area contributed by atoms with Gasteiger partial charge in [-0.1, -0.05) is 13.8 Å². The van der Waals surface area contributed by atoms with Crippen LogP contribution in [0.3, 0.4) is 0 Å². The zero-order chi connectivity index (χ0) is 10.1. The number of aryl methyl sites for hydroxylation is 2. The number of rotatable bonds is 3. The van der Waals surface area contributed by atoms with E-state index in [1.54, 1.807) is 0 Å². The maximum absolute atomic E-state index is 4.43. The third-order valence-corrected chi connectivity index (χ3v) is 2.53. The highest BCUT2D eigenvalue weighted by Crippen LogP contribution is 2.20. The highest BCUT2D eigenvalue weighted by molar-refractivity contribution is 4.95. The SMILES string of the molecule is CCc1nc(C)nn1C(C)(C)CC. The highest BCUT2D eigenvalue weighted by atomic mass is 15.4. The lowest BCUT2D eigenvalue weighted by Crippen LogP contribution is -2.28. The van der Waals surface area contributed by atoms with Crippen molar-refractivity contribution < 1.29 is 0 Å². The first kappa shape index (κ1) is 10.2. The van der Waals surface area contributed by atoms with E-state index in [0.29, 0.717) is 0 Å². The van der Waals surface area contributed by atoms with Crippen LogP contribution in [0.15, 0.2) is 0 Å². The van der Waals surface area contributed by atoms with E-state index in [2.05, 4.69) is 42.5 Å². The molecule has 74 valence electrons. The van der Waals surface area contributed by atoms with Gasteiger partial charge in [-0.05, 0) is 27.2 Å². The van der Waals surface area contributed by atoms with Crippen molar-refractivity contribution in [3.8, 4) is 0 Å². The minimum absolute atomic E-state index is 0.0899. The van der Waals surface area contributed by atoms with Crippen molar-refractivity contribution in [2.24, 2.45) is 0 Å². The standard InChI is InChI=1S/C10H19N3/c1-6-9-11-8(3)12-13(9)10(4,5)7-2/h6-7H2,1-5H3. The molecule has 1 aromatic rings. The van der Waals surface area contributed by atoms with Gasteiger partial charge in [0, 0.05) is 6.42 Å². The molecule has 3 heteroatoms. The Hall–Kier alpha value is -0.860. The summed E-state index contributed by atoms with van der Waals surface area (Å²) in [5.41, 5.74) is 0.0899. The Kier molecular flexibility index (Phi) is 2.74. The van der Waals surface area contributed by atoms with Gasteiger partial charge in [0.15, 0.2) is 0 Å². The first-order valence-corrected chi connectivity index (χ1v) is 4.94. The second kappa shape index (κ2) is 3.48. The van der Waals surface area contributed by atoms with E-state index >= 15 is 0 Å². The molecule has 0 spiro atoms. The van der Waals surface area contributed by atoms with Crippen LogP contribution in [0.5, 0.6) is 0 Å². The highest BCUT2D eigenvalue weighted by Gasteiger charge is 2.22. The van der Waals surface area contributed by atoms with E-state index in [-0.39, 0.29) is 5.54 Å². The monoisotopic (exact) mass is 181 g/mol. The molecule has 0 radical (unpaired) electrons. The fourth-order valence-electron chi connectivity index (χ4n) is 1.32. The summed E-state index contributed by atoms with van der Waals surface area (Å²) in [7, 11) is 0. The molecule has 0 amide bonds. The van der Waals surface area contributed by atoms with E-state index in [1.165, 1.54) is 0 Å². The van der Waals surface area contributed by atoms with E-state index < -0.39 is 0 Å². The van der Waals surface area contributed by atoms with Gasteiger partial charge in [0.1, 0.15) is 11.6 Å². The summed E-state index contributed by atoms with van der Waals surface area (Å²) in [4.78, 5) is 4.40. The van der Waals surface area contributed by atoms with E-state index in [4.69, 9.17) is 0 Å². The molecule has 0 unspecified atom stereocenters. The van der Waals surface area contributed by atoms with Crippen LogP contribution >= 0.6 is 0 Å². The largest absolute Gasteiger partial charge is 0.244 e. The average molecular weight is 181 g/mol. The number of nitrogens with zero attached hydrogens (tertiary/aromatic N) is 3. The number of hydrogen-bond donors (Lipinski definition) is 0. The molecule has 3 nitrogen and oxygen atoms in total. The van der Waals surface area contributed by atoms with Crippen LogP contribution in [0.25, 0.3) is 0 Å². The van der Waals surface area contributed by atoms with E-state index in [0.717, 1.165) is 24.5 Å². The molecular formula is C10H19N3. The quantitative estimate of drug-likeness (QED) is 0.716. The van der Waals surface area contributed by atoms with Gasteiger partial charge in [-0.15, -0.1) is 0 Å².